The number of hydrazone groups is 1. The van der Waals surface area contributed by atoms with Gasteiger partial charge in [-0.05, 0) is 37.0 Å². The molecule has 0 saturated carbocycles. The van der Waals surface area contributed by atoms with Gasteiger partial charge in [0.2, 0.25) is 11.8 Å². The van der Waals surface area contributed by atoms with Crippen molar-refractivity contribution in [1.29, 1.82) is 0 Å². The molecular formula is C19H18N4O3S. The molecule has 27 heavy (non-hydrogen) atoms. The van der Waals surface area contributed by atoms with Crippen LogP contribution < -0.4 is 0 Å². The zero-order valence-corrected chi connectivity index (χ0v) is 16.0. The SMILES string of the molecule is CCSC1=N/C(=C\C=C2/N=C(c3ccccc3)OC2=O)C(C)=NN1C(C)=O. The molecule has 0 radical (unpaired) electrons. The molecule has 0 unspecified atom stereocenters. The van der Waals surface area contributed by atoms with E-state index in [1.807, 2.05) is 37.3 Å². The maximum atomic E-state index is 12.1. The Balaban J connectivity index is 1.90. The summed E-state index contributed by atoms with van der Waals surface area (Å²) in [7, 11) is 0. The molecule has 0 aliphatic carbocycles. The van der Waals surface area contributed by atoms with Crippen LogP contribution in [0.15, 0.2) is 69.0 Å². The summed E-state index contributed by atoms with van der Waals surface area (Å²) >= 11 is 1.42. The molecule has 2 aliphatic heterocycles. The Labute approximate surface area is 161 Å². The predicted molar refractivity (Wildman–Crippen MR) is 106 cm³/mol. The molecule has 1 aromatic carbocycles. The molecule has 1 amide bonds. The first-order valence-corrected chi connectivity index (χ1v) is 9.34. The number of amides is 1. The Morgan fingerprint density at radius 2 is 1.89 bits per heavy atom. The lowest BCUT2D eigenvalue weighted by atomic mass is 10.2. The second kappa shape index (κ2) is 8.13. The third-order valence-electron chi connectivity index (χ3n) is 3.63. The van der Waals surface area contributed by atoms with E-state index < -0.39 is 5.97 Å². The number of carbonyl (C=O) groups excluding carboxylic acids is 2. The van der Waals surface area contributed by atoms with Gasteiger partial charge < -0.3 is 4.74 Å². The van der Waals surface area contributed by atoms with Crippen molar-refractivity contribution in [3.63, 3.8) is 0 Å². The molecule has 0 bridgehead atoms. The Morgan fingerprint density at radius 1 is 1.19 bits per heavy atom. The number of hydrogen-bond donors (Lipinski definition) is 0. The van der Waals surface area contributed by atoms with E-state index >= 15 is 0 Å². The highest BCUT2D eigenvalue weighted by atomic mass is 32.2. The highest BCUT2D eigenvalue weighted by Gasteiger charge is 2.24. The fourth-order valence-corrected chi connectivity index (χ4v) is 3.06. The smallest absolute Gasteiger partial charge is 0.363 e. The van der Waals surface area contributed by atoms with Crippen LogP contribution >= 0.6 is 11.8 Å². The largest absolute Gasteiger partial charge is 0.402 e. The van der Waals surface area contributed by atoms with Crippen LogP contribution in [0.1, 0.15) is 26.3 Å². The average molecular weight is 382 g/mol. The summed E-state index contributed by atoms with van der Waals surface area (Å²) in [5, 5.41) is 6.07. The van der Waals surface area contributed by atoms with Crippen molar-refractivity contribution in [3.05, 3.63) is 59.4 Å². The topological polar surface area (TPSA) is 83.7 Å². The number of cyclic esters (lactones) is 1. The summed E-state index contributed by atoms with van der Waals surface area (Å²) in [5.41, 5.74) is 2.05. The Morgan fingerprint density at radius 3 is 2.56 bits per heavy atom. The number of esters is 1. The summed E-state index contributed by atoms with van der Waals surface area (Å²) in [6, 6.07) is 9.21. The second-order valence-corrected chi connectivity index (χ2v) is 6.85. The Kier molecular flexibility index (Phi) is 5.66. The van der Waals surface area contributed by atoms with Crippen molar-refractivity contribution in [2.24, 2.45) is 15.1 Å². The first kappa shape index (κ1) is 18.8. The lowest BCUT2D eigenvalue weighted by Gasteiger charge is -2.22. The molecule has 0 atom stereocenters. The highest BCUT2D eigenvalue weighted by Crippen LogP contribution is 2.21. The van der Waals surface area contributed by atoms with Gasteiger partial charge in [-0.25, -0.2) is 14.8 Å². The average Bonchev–Trinajstić information content (AvgIpc) is 3.03. The second-order valence-electron chi connectivity index (χ2n) is 5.62. The van der Waals surface area contributed by atoms with Crippen LogP contribution in [0.4, 0.5) is 0 Å². The molecule has 7 nitrogen and oxygen atoms in total. The monoisotopic (exact) mass is 382 g/mol. The van der Waals surface area contributed by atoms with Crippen LogP contribution in [0.25, 0.3) is 0 Å². The zero-order chi connectivity index (χ0) is 19.4. The number of rotatable bonds is 3. The maximum absolute atomic E-state index is 12.1. The van der Waals surface area contributed by atoms with E-state index in [9.17, 15) is 9.59 Å². The summed E-state index contributed by atoms with van der Waals surface area (Å²) in [6.07, 6.45) is 3.20. The third kappa shape index (κ3) is 4.22. The van der Waals surface area contributed by atoms with Crippen molar-refractivity contribution < 1.29 is 14.3 Å². The number of ether oxygens (including phenoxy) is 1. The molecule has 0 spiro atoms. The first-order chi connectivity index (χ1) is 13.0. The van der Waals surface area contributed by atoms with Gasteiger partial charge in [0.05, 0.1) is 11.4 Å². The van der Waals surface area contributed by atoms with Gasteiger partial charge >= 0.3 is 5.97 Å². The van der Waals surface area contributed by atoms with Gasteiger partial charge in [-0.2, -0.15) is 10.1 Å². The normalized spacial score (nSPS) is 19.7. The fraction of sp³-hybridized carbons (Fsp3) is 0.211. The number of hydrogen-bond acceptors (Lipinski definition) is 7. The lowest BCUT2D eigenvalue weighted by molar-refractivity contribution is -0.130. The molecule has 0 N–H and O–H groups in total. The summed E-state index contributed by atoms with van der Waals surface area (Å²) < 4.78 is 5.23. The quantitative estimate of drug-likeness (QED) is 0.594. The van der Waals surface area contributed by atoms with Crippen LogP contribution in [0, 0.1) is 0 Å². The molecule has 8 heteroatoms. The number of allylic oxidation sites excluding steroid dienone is 3. The third-order valence-corrected chi connectivity index (χ3v) is 4.44. The first-order valence-electron chi connectivity index (χ1n) is 8.35. The summed E-state index contributed by atoms with van der Waals surface area (Å²) in [4.78, 5) is 32.5. The van der Waals surface area contributed by atoms with Gasteiger partial charge in [-0.15, -0.1) is 0 Å². The van der Waals surface area contributed by atoms with Crippen LogP contribution in [0.5, 0.6) is 0 Å². The molecule has 1 aromatic rings. The Bertz CT molecular complexity index is 930. The van der Waals surface area contributed by atoms with E-state index in [2.05, 4.69) is 15.1 Å². The van der Waals surface area contributed by atoms with Gasteiger partial charge in [-0.3, -0.25) is 4.79 Å². The lowest BCUT2D eigenvalue weighted by Crippen LogP contribution is -2.32. The van der Waals surface area contributed by atoms with E-state index in [1.165, 1.54) is 23.7 Å². The maximum Gasteiger partial charge on any atom is 0.363 e. The molecule has 138 valence electrons. The van der Waals surface area contributed by atoms with E-state index in [0.29, 0.717) is 16.6 Å². The van der Waals surface area contributed by atoms with E-state index in [1.54, 1.807) is 19.1 Å². The minimum atomic E-state index is -0.520. The standard InChI is InChI=1S/C19H18N4O3S/c1-4-27-19-21-15(12(2)22-23(19)13(3)24)10-11-16-18(25)26-17(20-16)14-8-6-5-7-9-14/h5-11H,4H2,1-3H3/b15-10-,16-11-. The molecule has 2 heterocycles. The van der Waals surface area contributed by atoms with Gasteiger partial charge in [0, 0.05) is 12.5 Å². The fourth-order valence-electron chi connectivity index (χ4n) is 2.35. The zero-order valence-electron chi connectivity index (χ0n) is 15.2. The number of aliphatic imine (C=N–C) groups is 2. The number of amidine groups is 1. The summed E-state index contributed by atoms with van der Waals surface area (Å²) in [5.74, 6) is 0.298. The predicted octanol–water partition coefficient (Wildman–Crippen LogP) is 3.10. The minimum absolute atomic E-state index is 0.183. The molecule has 3 rings (SSSR count). The molecular weight excluding hydrogens is 364 g/mol. The minimum Gasteiger partial charge on any atom is -0.402 e. The van der Waals surface area contributed by atoms with Gasteiger partial charge in [-0.1, -0.05) is 36.9 Å². The van der Waals surface area contributed by atoms with Crippen LogP contribution in [0.2, 0.25) is 0 Å². The molecule has 0 aromatic heterocycles. The molecule has 0 saturated heterocycles. The van der Waals surface area contributed by atoms with Crippen LogP contribution in [-0.4, -0.2) is 39.4 Å². The van der Waals surface area contributed by atoms with Crippen molar-refractivity contribution in [3.8, 4) is 0 Å². The number of benzene rings is 1. The van der Waals surface area contributed by atoms with Crippen LogP contribution in [0.3, 0.4) is 0 Å². The van der Waals surface area contributed by atoms with E-state index in [4.69, 9.17) is 4.74 Å². The molecule has 2 aliphatic rings. The Hall–Kier alpha value is -3.00. The van der Waals surface area contributed by atoms with Gasteiger partial charge in [0.25, 0.3) is 0 Å². The molecule has 0 fully saturated rings. The van der Waals surface area contributed by atoms with Gasteiger partial charge in [0.15, 0.2) is 10.9 Å². The summed E-state index contributed by atoms with van der Waals surface area (Å²) in [6.45, 7) is 5.16. The number of carbonyl (C=O) groups is 2. The van der Waals surface area contributed by atoms with Crippen LogP contribution in [-0.2, 0) is 14.3 Å². The van der Waals surface area contributed by atoms with E-state index in [-0.39, 0.29) is 17.5 Å². The van der Waals surface area contributed by atoms with Crippen molar-refractivity contribution >= 4 is 40.4 Å². The van der Waals surface area contributed by atoms with Gasteiger partial charge in [0.1, 0.15) is 0 Å². The van der Waals surface area contributed by atoms with Crippen molar-refractivity contribution in [2.75, 3.05) is 5.75 Å². The van der Waals surface area contributed by atoms with Crippen molar-refractivity contribution in [2.45, 2.75) is 20.8 Å². The number of nitrogens with zero attached hydrogens (tertiary/aromatic N) is 4. The van der Waals surface area contributed by atoms with E-state index in [0.717, 1.165) is 11.3 Å². The highest BCUT2D eigenvalue weighted by molar-refractivity contribution is 8.13. The van der Waals surface area contributed by atoms with Crippen molar-refractivity contribution in [1.82, 2.24) is 5.01 Å². The number of thioether (sulfide) groups is 1.